The number of aromatic nitrogens is 1. The molecule has 1 aromatic heterocycles. The highest BCUT2D eigenvalue weighted by Gasteiger charge is 2.31. The molecule has 1 N–H and O–H groups in total. The summed E-state index contributed by atoms with van der Waals surface area (Å²) in [6, 6.07) is 14.1. The van der Waals surface area contributed by atoms with Crippen molar-refractivity contribution in [1.82, 2.24) is 14.2 Å². The van der Waals surface area contributed by atoms with Gasteiger partial charge in [-0.1, -0.05) is 36.4 Å². The normalized spacial score (nSPS) is 15.1. The Morgan fingerprint density at radius 1 is 1.09 bits per heavy atom. The maximum Gasteiger partial charge on any atom is 0.246 e. The molecule has 0 spiro atoms. The first-order chi connectivity index (χ1) is 15.3. The second kappa shape index (κ2) is 9.13. The Morgan fingerprint density at radius 2 is 1.81 bits per heavy atom. The predicted molar refractivity (Wildman–Crippen MR) is 118 cm³/mol. The molecule has 8 nitrogen and oxygen atoms in total. The predicted octanol–water partition coefficient (Wildman–Crippen LogP) is 2.82. The number of amides is 1. The fourth-order valence-electron chi connectivity index (χ4n) is 3.68. The summed E-state index contributed by atoms with van der Waals surface area (Å²) in [5, 5.41) is 10.0. The third-order valence-electron chi connectivity index (χ3n) is 5.49. The molecule has 1 amide bonds. The highest BCUT2D eigenvalue weighted by atomic mass is 32.2. The first kappa shape index (κ1) is 22.0. The number of aromatic hydroxyl groups is 1. The molecule has 2 aromatic carbocycles. The number of phenols is 1. The van der Waals surface area contributed by atoms with Crippen molar-refractivity contribution in [3.8, 4) is 17.1 Å². The molecule has 9 heteroatoms. The minimum atomic E-state index is -3.82. The highest BCUT2D eigenvalue weighted by Crippen LogP contribution is 2.27. The van der Waals surface area contributed by atoms with E-state index in [1.54, 1.807) is 24.1 Å². The lowest BCUT2D eigenvalue weighted by molar-refractivity contribution is -0.132. The molecule has 0 saturated carbocycles. The van der Waals surface area contributed by atoms with Crippen molar-refractivity contribution >= 4 is 15.9 Å². The largest absolute Gasteiger partial charge is 0.507 e. The molecule has 0 radical (unpaired) electrons. The van der Waals surface area contributed by atoms with Crippen LogP contribution in [0.1, 0.15) is 17.9 Å². The second-order valence-electron chi connectivity index (χ2n) is 7.74. The van der Waals surface area contributed by atoms with E-state index in [4.69, 9.17) is 4.42 Å². The van der Waals surface area contributed by atoms with Gasteiger partial charge in [-0.05, 0) is 24.6 Å². The van der Waals surface area contributed by atoms with Crippen LogP contribution in [0.15, 0.2) is 64.0 Å². The van der Waals surface area contributed by atoms with Crippen LogP contribution in [-0.2, 0) is 21.2 Å². The summed E-state index contributed by atoms with van der Waals surface area (Å²) in [4.78, 5) is 18.4. The quantitative estimate of drug-likeness (QED) is 0.613. The lowest BCUT2D eigenvalue weighted by Crippen LogP contribution is -2.50. The van der Waals surface area contributed by atoms with E-state index in [-0.39, 0.29) is 36.1 Å². The van der Waals surface area contributed by atoms with Gasteiger partial charge >= 0.3 is 0 Å². The van der Waals surface area contributed by atoms with Crippen LogP contribution < -0.4 is 0 Å². The van der Waals surface area contributed by atoms with E-state index in [0.29, 0.717) is 31.2 Å². The zero-order valence-corrected chi connectivity index (χ0v) is 18.6. The Bertz CT molecular complexity index is 1200. The van der Waals surface area contributed by atoms with Crippen molar-refractivity contribution in [3.63, 3.8) is 0 Å². The molecule has 0 atom stereocenters. The molecular formula is C23H25N3O5S. The molecular weight excluding hydrogens is 430 g/mol. The van der Waals surface area contributed by atoms with Crippen LogP contribution in [0.5, 0.6) is 5.75 Å². The van der Waals surface area contributed by atoms with E-state index in [0.717, 1.165) is 11.1 Å². The van der Waals surface area contributed by atoms with Crippen molar-refractivity contribution in [2.24, 2.45) is 0 Å². The van der Waals surface area contributed by atoms with Gasteiger partial charge in [0.1, 0.15) is 10.6 Å². The fraction of sp³-hybridized carbons (Fsp3) is 0.304. The van der Waals surface area contributed by atoms with E-state index in [1.807, 2.05) is 30.3 Å². The molecule has 1 aliphatic rings. The Labute approximate surface area is 187 Å². The topological polar surface area (TPSA) is 104 Å². The molecule has 2 heterocycles. The van der Waals surface area contributed by atoms with Crippen molar-refractivity contribution in [1.29, 1.82) is 0 Å². The van der Waals surface area contributed by atoms with E-state index < -0.39 is 10.0 Å². The monoisotopic (exact) mass is 455 g/mol. The van der Waals surface area contributed by atoms with Crippen molar-refractivity contribution in [2.45, 2.75) is 24.7 Å². The Kier molecular flexibility index (Phi) is 6.29. The van der Waals surface area contributed by atoms with E-state index in [1.165, 1.54) is 16.4 Å². The van der Waals surface area contributed by atoms with Crippen LogP contribution in [0.3, 0.4) is 0 Å². The van der Waals surface area contributed by atoms with Gasteiger partial charge in [-0.25, -0.2) is 13.4 Å². The van der Waals surface area contributed by atoms with Gasteiger partial charge in [-0.2, -0.15) is 4.31 Å². The number of phenolic OH excluding ortho intramolecular Hbond substituents is 1. The second-order valence-corrected chi connectivity index (χ2v) is 9.65. The molecule has 1 fully saturated rings. The van der Waals surface area contributed by atoms with Gasteiger partial charge < -0.3 is 14.4 Å². The molecule has 4 rings (SSSR count). The van der Waals surface area contributed by atoms with Crippen LogP contribution in [0.4, 0.5) is 0 Å². The van der Waals surface area contributed by atoms with Gasteiger partial charge in [-0.15, -0.1) is 0 Å². The summed E-state index contributed by atoms with van der Waals surface area (Å²) in [6.07, 6.45) is 2.26. The molecule has 32 heavy (non-hydrogen) atoms. The number of piperazine rings is 1. The number of benzene rings is 2. The van der Waals surface area contributed by atoms with E-state index in [9.17, 15) is 18.3 Å². The van der Waals surface area contributed by atoms with Crippen LogP contribution in [0.2, 0.25) is 0 Å². The number of sulfonamides is 1. The smallest absolute Gasteiger partial charge is 0.246 e. The van der Waals surface area contributed by atoms with Gasteiger partial charge in [-0.3, -0.25) is 4.79 Å². The zero-order valence-electron chi connectivity index (χ0n) is 17.8. The summed E-state index contributed by atoms with van der Waals surface area (Å²) in [5.74, 6) is 0.814. The number of hydrogen-bond acceptors (Lipinski definition) is 6. The molecule has 1 aliphatic heterocycles. The number of nitrogens with zero attached hydrogens (tertiary/aromatic N) is 3. The number of hydrogen-bond donors (Lipinski definition) is 1. The van der Waals surface area contributed by atoms with Crippen molar-refractivity contribution in [2.75, 3.05) is 26.2 Å². The lowest BCUT2D eigenvalue weighted by Gasteiger charge is -2.34. The van der Waals surface area contributed by atoms with E-state index >= 15 is 0 Å². The third-order valence-corrected chi connectivity index (χ3v) is 7.42. The van der Waals surface area contributed by atoms with Gasteiger partial charge in [0.15, 0.2) is 11.7 Å². The lowest BCUT2D eigenvalue weighted by atomic mass is 10.2. The van der Waals surface area contributed by atoms with Gasteiger partial charge in [0.2, 0.25) is 15.9 Å². The minimum Gasteiger partial charge on any atom is -0.507 e. The van der Waals surface area contributed by atoms with Crippen LogP contribution in [0, 0.1) is 6.92 Å². The van der Waals surface area contributed by atoms with Gasteiger partial charge in [0.25, 0.3) is 0 Å². The molecule has 0 bridgehead atoms. The molecule has 0 aliphatic carbocycles. The minimum absolute atomic E-state index is 0.0695. The van der Waals surface area contributed by atoms with Crippen LogP contribution in [0.25, 0.3) is 11.3 Å². The zero-order chi connectivity index (χ0) is 22.7. The maximum atomic E-state index is 12.9. The maximum absolute atomic E-state index is 12.9. The highest BCUT2D eigenvalue weighted by molar-refractivity contribution is 7.89. The fourth-order valence-corrected chi connectivity index (χ4v) is 5.27. The van der Waals surface area contributed by atoms with Gasteiger partial charge in [0, 0.05) is 44.6 Å². The molecule has 1 saturated heterocycles. The molecule has 3 aromatic rings. The summed E-state index contributed by atoms with van der Waals surface area (Å²) in [5.41, 5.74) is 1.67. The summed E-state index contributed by atoms with van der Waals surface area (Å²) in [6.45, 7) is 2.72. The standard InChI is InChI=1S/C23H25N3O5S/c1-17-7-8-19(27)21(15-17)32(29,30)26-13-11-25(12-14-26)23(28)10-9-22-24-16-20(31-22)18-5-3-2-4-6-18/h2-8,15-16,27H,9-14H2,1H3. The third kappa shape index (κ3) is 4.68. The molecule has 168 valence electrons. The Morgan fingerprint density at radius 3 is 2.53 bits per heavy atom. The SMILES string of the molecule is Cc1ccc(O)c(S(=O)(=O)N2CCN(C(=O)CCc3ncc(-c4ccccc4)o3)CC2)c1. The van der Waals surface area contributed by atoms with Crippen LogP contribution >= 0.6 is 0 Å². The number of carbonyl (C=O) groups is 1. The number of carbonyl (C=O) groups excluding carboxylic acids is 1. The summed E-state index contributed by atoms with van der Waals surface area (Å²) < 4.78 is 32.9. The number of aryl methyl sites for hydroxylation is 2. The first-order valence-electron chi connectivity index (χ1n) is 10.4. The average molecular weight is 456 g/mol. The van der Waals surface area contributed by atoms with Crippen molar-refractivity contribution in [3.05, 3.63) is 66.2 Å². The molecule has 0 unspecified atom stereocenters. The Balaban J connectivity index is 1.32. The number of oxazole rings is 1. The van der Waals surface area contributed by atoms with E-state index in [2.05, 4.69) is 4.98 Å². The summed E-state index contributed by atoms with van der Waals surface area (Å²) >= 11 is 0. The number of rotatable bonds is 6. The summed E-state index contributed by atoms with van der Waals surface area (Å²) in [7, 11) is -3.82. The van der Waals surface area contributed by atoms with Gasteiger partial charge in [0.05, 0.1) is 6.20 Å². The Hall–Kier alpha value is -3.17. The average Bonchev–Trinajstić information content (AvgIpc) is 3.29. The first-order valence-corrected chi connectivity index (χ1v) is 11.9. The van der Waals surface area contributed by atoms with Crippen molar-refractivity contribution < 1.29 is 22.7 Å². The van der Waals surface area contributed by atoms with Crippen LogP contribution in [-0.4, -0.2) is 59.8 Å².